The second-order valence-corrected chi connectivity index (χ2v) is 12.1. The monoisotopic (exact) mass is 547 g/mol. The molecule has 2 fully saturated rings. The largest absolute Gasteiger partial charge is 0.465 e. The molecule has 2 saturated heterocycles. The summed E-state index contributed by atoms with van der Waals surface area (Å²) >= 11 is 0. The number of H-pyrrole nitrogens is 2. The number of carbonyl (C=O) groups is 1. The molecule has 216 valence electrons. The van der Waals surface area contributed by atoms with Crippen molar-refractivity contribution in [1.29, 1.82) is 0 Å². The second-order valence-electron chi connectivity index (χ2n) is 12.1. The number of aromatic nitrogens is 4. The number of carbonyl (C=O) groups excluding carboxylic acids is 1. The smallest absolute Gasteiger partial charge is 0.323 e. The van der Waals surface area contributed by atoms with E-state index >= 15 is 0 Å². The van der Waals surface area contributed by atoms with Gasteiger partial charge in [-0.2, -0.15) is 0 Å². The molecule has 0 radical (unpaired) electrons. The summed E-state index contributed by atoms with van der Waals surface area (Å²) in [6.07, 6.45) is 10.5. The van der Waals surface area contributed by atoms with E-state index in [9.17, 15) is 4.79 Å². The van der Waals surface area contributed by atoms with E-state index in [0.29, 0.717) is 25.6 Å². The molecule has 0 bridgehead atoms. The Labute approximate surface area is 238 Å². The Balaban J connectivity index is 1.23. The van der Waals surface area contributed by atoms with Crippen molar-refractivity contribution in [3.05, 3.63) is 71.8 Å². The van der Waals surface area contributed by atoms with Crippen LogP contribution in [0.4, 0.5) is 0 Å². The van der Waals surface area contributed by atoms with Crippen LogP contribution >= 0.6 is 0 Å². The van der Waals surface area contributed by atoms with Gasteiger partial charge in [0.1, 0.15) is 17.7 Å². The Hall–Kier alpha value is -3.01. The normalized spacial score (nSPS) is 19.7. The number of esters is 1. The van der Waals surface area contributed by atoms with Crippen LogP contribution in [0.15, 0.2) is 49.1 Å². The highest BCUT2D eigenvalue weighted by Crippen LogP contribution is 2.44. The number of benzene rings is 1. The van der Waals surface area contributed by atoms with E-state index in [2.05, 4.69) is 72.7 Å². The first-order valence-electron chi connectivity index (χ1n) is 14.8. The third-order valence-corrected chi connectivity index (χ3v) is 8.38. The summed E-state index contributed by atoms with van der Waals surface area (Å²) in [5, 5.41) is 0. The van der Waals surface area contributed by atoms with Gasteiger partial charge in [0.05, 0.1) is 19.7 Å². The van der Waals surface area contributed by atoms with Crippen LogP contribution in [-0.4, -0.2) is 79.4 Å². The van der Waals surface area contributed by atoms with Crippen molar-refractivity contribution in [1.82, 2.24) is 34.6 Å². The molecular weight excluding hydrogens is 502 g/mol. The molecule has 3 aromatic rings. The SMILES string of the molecule is CCOC(=O)[C@@H]1CC2(CCN(CC(C)C)CC2)CN1Cc1ccc(CN(Cc2ncc[nH]2)Cc2ncc[nH]2)cc1. The minimum Gasteiger partial charge on any atom is -0.465 e. The Morgan fingerprint density at radius 2 is 1.65 bits per heavy atom. The lowest BCUT2D eigenvalue weighted by molar-refractivity contribution is -0.148. The number of nitrogens with zero attached hydrogens (tertiary/aromatic N) is 5. The van der Waals surface area contributed by atoms with Crippen molar-refractivity contribution in [3.63, 3.8) is 0 Å². The van der Waals surface area contributed by atoms with Crippen LogP contribution in [0.25, 0.3) is 0 Å². The van der Waals surface area contributed by atoms with Crippen LogP contribution in [0.2, 0.25) is 0 Å². The molecule has 2 N–H and O–H groups in total. The molecule has 2 aliphatic rings. The van der Waals surface area contributed by atoms with Gasteiger partial charge in [-0.1, -0.05) is 38.1 Å². The molecule has 40 heavy (non-hydrogen) atoms. The lowest BCUT2D eigenvalue weighted by atomic mass is 9.76. The fourth-order valence-electron chi connectivity index (χ4n) is 6.47. The van der Waals surface area contributed by atoms with Crippen LogP contribution in [-0.2, 0) is 35.7 Å². The maximum atomic E-state index is 13.0. The molecule has 5 rings (SSSR count). The number of aromatic amines is 2. The van der Waals surface area contributed by atoms with Crippen molar-refractivity contribution in [2.24, 2.45) is 11.3 Å². The molecule has 0 aliphatic carbocycles. The van der Waals surface area contributed by atoms with E-state index in [-0.39, 0.29) is 17.4 Å². The highest BCUT2D eigenvalue weighted by molar-refractivity contribution is 5.76. The Bertz CT molecular complexity index is 1130. The van der Waals surface area contributed by atoms with E-state index in [1.165, 1.54) is 11.1 Å². The van der Waals surface area contributed by atoms with E-state index in [1.54, 1.807) is 12.4 Å². The molecule has 1 spiro atoms. The third-order valence-electron chi connectivity index (χ3n) is 8.38. The van der Waals surface area contributed by atoms with E-state index in [0.717, 1.165) is 70.2 Å². The summed E-state index contributed by atoms with van der Waals surface area (Å²) in [6.45, 7) is 14.3. The first kappa shape index (κ1) is 28.5. The number of hydrogen-bond acceptors (Lipinski definition) is 7. The first-order valence-corrected chi connectivity index (χ1v) is 14.8. The van der Waals surface area contributed by atoms with Gasteiger partial charge in [0, 0.05) is 51.0 Å². The predicted molar refractivity (Wildman–Crippen MR) is 155 cm³/mol. The second kappa shape index (κ2) is 13.1. The summed E-state index contributed by atoms with van der Waals surface area (Å²) in [5.74, 6) is 2.50. The Morgan fingerprint density at radius 1 is 1.02 bits per heavy atom. The standard InChI is InChI=1S/C31H45N7O2/c1-4-40-30(39)27-17-31(9-15-36(16-10-31)18-24(2)3)23-38(27)20-26-7-5-25(6-8-26)19-37(21-28-32-11-12-33-28)22-29-34-13-14-35-29/h5-8,11-14,24,27H,4,9-10,15-23H2,1-3H3,(H,32,33)(H,34,35)/t27-/m0/s1. The zero-order valence-corrected chi connectivity index (χ0v) is 24.3. The summed E-state index contributed by atoms with van der Waals surface area (Å²) in [5.41, 5.74) is 2.68. The van der Waals surface area contributed by atoms with Crippen molar-refractivity contribution in [2.75, 3.05) is 32.8 Å². The minimum atomic E-state index is -0.159. The van der Waals surface area contributed by atoms with E-state index in [4.69, 9.17) is 4.74 Å². The van der Waals surface area contributed by atoms with Gasteiger partial charge in [-0.3, -0.25) is 14.6 Å². The minimum absolute atomic E-state index is 0.0629. The number of hydrogen-bond donors (Lipinski definition) is 2. The zero-order chi connectivity index (χ0) is 28.0. The van der Waals surface area contributed by atoms with Gasteiger partial charge >= 0.3 is 5.97 Å². The molecule has 0 unspecified atom stereocenters. The van der Waals surface area contributed by atoms with Gasteiger partial charge in [0.15, 0.2) is 0 Å². The van der Waals surface area contributed by atoms with Crippen LogP contribution in [0.1, 0.15) is 62.8 Å². The van der Waals surface area contributed by atoms with Crippen LogP contribution in [0.3, 0.4) is 0 Å². The summed E-state index contributed by atoms with van der Waals surface area (Å²) in [6, 6.07) is 8.69. The lowest BCUT2D eigenvalue weighted by Crippen LogP contribution is -2.42. The maximum Gasteiger partial charge on any atom is 0.323 e. The highest BCUT2D eigenvalue weighted by Gasteiger charge is 2.48. The molecule has 1 atom stereocenters. The molecule has 4 heterocycles. The summed E-state index contributed by atoms with van der Waals surface area (Å²) < 4.78 is 5.54. The van der Waals surface area contributed by atoms with Gasteiger partial charge in [-0.25, -0.2) is 9.97 Å². The quantitative estimate of drug-likeness (QED) is 0.328. The first-order chi connectivity index (χ1) is 19.4. The Morgan fingerprint density at radius 3 is 2.20 bits per heavy atom. The maximum absolute atomic E-state index is 13.0. The fourth-order valence-corrected chi connectivity index (χ4v) is 6.47. The zero-order valence-electron chi connectivity index (χ0n) is 24.3. The molecule has 2 aromatic heterocycles. The van der Waals surface area contributed by atoms with Crippen LogP contribution in [0.5, 0.6) is 0 Å². The van der Waals surface area contributed by atoms with Crippen molar-refractivity contribution >= 4 is 5.97 Å². The number of ether oxygens (including phenoxy) is 1. The number of piperidine rings is 1. The average Bonchev–Trinajstić information content (AvgIpc) is 3.70. The average molecular weight is 548 g/mol. The third kappa shape index (κ3) is 7.38. The topological polar surface area (TPSA) is 93.4 Å². The van der Waals surface area contributed by atoms with E-state index in [1.807, 2.05) is 19.3 Å². The van der Waals surface area contributed by atoms with Crippen LogP contribution in [0, 0.1) is 11.3 Å². The van der Waals surface area contributed by atoms with Gasteiger partial charge in [0.25, 0.3) is 0 Å². The van der Waals surface area contributed by atoms with Gasteiger partial charge in [-0.15, -0.1) is 0 Å². The van der Waals surface area contributed by atoms with Gasteiger partial charge in [-0.05, 0) is 61.7 Å². The van der Waals surface area contributed by atoms with Crippen LogP contribution < -0.4 is 0 Å². The van der Waals surface area contributed by atoms with Gasteiger partial charge < -0.3 is 19.6 Å². The molecule has 1 aromatic carbocycles. The number of nitrogens with one attached hydrogen (secondary N) is 2. The highest BCUT2D eigenvalue weighted by atomic mass is 16.5. The molecule has 9 nitrogen and oxygen atoms in total. The summed E-state index contributed by atoms with van der Waals surface area (Å²) in [7, 11) is 0. The molecule has 2 aliphatic heterocycles. The van der Waals surface area contributed by atoms with Crippen molar-refractivity contribution < 1.29 is 9.53 Å². The van der Waals surface area contributed by atoms with Crippen molar-refractivity contribution in [2.45, 2.75) is 72.3 Å². The number of likely N-dealkylation sites (tertiary alicyclic amines) is 2. The summed E-state index contributed by atoms with van der Waals surface area (Å²) in [4.78, 5) is 35.6. The fraction of sp³-hybridized carbons (Fsp3) is 0.581. The molecule has 9 heteroatoms. The molecular formula is C31H45N7O2. The number of imidazole rings is 2. The lowest BCUT2D eigenvalue weighted by Gasteiger charge is -2.40. The molecule has 0 saturated carbocycles. The Kier molecular flexibility index (Phi) is 9.34. The molecule has 0 amide bonds. The van der Waals surface area contributed by atoms with Gasteiger partial charge in [0.2, 0.25) is 0 Å². The number of rotatable bonds is 12. The predicted octanol–water partition coefficient (Wildman–Crippen LogP) is 4.21. The van der Waals surface area contributed by atoms with Crippen molar-refractivity contribution in [3.8, 4) is 0 Å². The van der Waals surface area contributed by atoms with E-state index < -0.39 is 0 Å².